The molecule has 0 fully saturated rings. The Morgan fingerprint density at radius 3 is 2.53 bits per heavy atom. The Bertz CT molecular complexity index is 541. The molecule has 1 aromatic carbocycles. The molecule has 0 aliphatic heterocycles. The van der Waals surface area contributed by atoms with Gasteiger partial charge in [-0.15, -0.1) is 0 Å². The lowest BCUT2D eigenvalue weighted by molar-refractivity contribution is 0.842. The van der Waals surface area contributed by atoms with Gasteiger partial charge in [-0.1, -0.05) is 30.3 Å². The molecule has 0 radical (unpaired) electrons. The second-order valence-corrected chi connectivity index (χ2v) is 5.48. The molecule has 0 spiro atoms. The van der Waals surface area contributed by atoms with E-state index in [4.69, 9.17) is 0 Å². The Morgan fingerprint density at radius 1 is 1.11 bits per heavy atom. The zero-order valence-corrected chi connectivity index (χ0v) is 13.4. The predicted molar refractivity (Wildman–Crippen MR) is 87.5 cm³/mol. The molecule has 1 N–H and O–H groups in total. The van der Waals surface area contributed by atoms with Crippen LogP contribution in [-0.4, -0.2) is 16.5 Å². The highest BCUT2D eigenvalue weighted by atomic mass is 127. The molecule has 1 heterocycles. The van der Waals surface area contributed by atoms with Gasteiger partial charge in [0.2, 0.25) is 0 Å². The summed E-state index contributed by atoms with van der Waals surface area (Å²) in [5, 5.41) is 3.30. The van der Waals surface area contributed by atoms with Gasteiger partial charge in [-0.05, 0) is 48.4 Å². The van der Waals surface area contributed by atoms with Gasteiger partial charge in [-0.3, -0.25) is 0 Å². The van der Waals surface area contributed by atoms with E-state index in [0.29, 0.717) is 0 Å². The summed E-state index contributed by atoms with van der Waals surface area (Å²) in [5.74, 6) is 1.87. The van der Waals surface area contributed by atoms with Gasteiger partial charge in [-0.25, -0.2) is 9.97 Å². The minimum absolute atomic E-state index is 0.875. The van der Waals surface area contributed by atoms with Gasteiger partial charge < -0.3 is 5.32 Å². The number of anilines is 1. The van der Waals surface area contributed by atoms with E-state index in [0.717, 1.165) is 40.3 Å². The Kier molecular flexibility index (Phi) is 5.13. The molecule has 3 nitrogen and oxygen atoms in total. The molecule has 0 bridgehead atoms. The first-order valence-electron chi connectivity index (χ1n) is 6.51. The van der Waals surface area contributed by atoms with Crippen molar-refractivity contribution in [1.29, 1.82) is 0 Å². The van der Waals surface area contributed by atoms with Crippen LogP contribution in [0.2, 0.25) is 0 Å². The van der Waals surface area contributed by atoms with E-state index in [1.165, 1.54) is 5.56 Å². The lowest BCUT2D eigenvalue weighted by Crippen LogP contribution is -2.08. The minimum atomic E-state index is 0.875. The number of benzene rings is 1. The van der Waals surface area contributed by atoms with Crippen molar-refractivity contribution in [2.45, 2.75) is 26.7 Å². The zero-order chi connectivity index (χ0) is 13.7. The van der Waals surface area contributed by atoms with Crippen LogP contribution in [0.25, 0.3) is 0 Å². The smallest absolute Gasteiger partial charge is 0.143 e. The van der Waals surface area contributed by atoms with Crippen LogP contribution in [0, 0.1) is 10.5 Å². The van der Waals surface area contributed by atoms with Crippen molar-refractivity contribution in [2.75, 3.05) is 11.9 Å². The van der Waals surface area contributed by atoms with Gasteiger partial charge >= 0.3 is 0 Å². The lowest BCUT2D eigenvalue weighted by Gasteiger charge is -2.10. The average molecular weight is 367 g/mol. The summed E-state index contributed by atoms with van der Waals surface area (Å²) in [7, 11) is 0. The van der Waals surface area contributed by atoms with Crippen LogP contribution in [0.4, 0.5) is 5.82 Å². The molecule has 4 heteroatoms. The van der Waals surface area contributed by atoms with Crippen LogP contribution >= 0.6 is 22.6 Å². The van der Waals surface area contributed by atoms with E-state index in [9.17, 15) is 0 Å². The molecule has 2 aromatic rings. The van der Waals surface area contributed by atoms with Gasteiger partial charge in [0, 0.05) is 13.0 Å². The van der Waals surface area contributed by atoms with Gasteiger partial charge in [0.05, 0.1) is 9.26 Å². The first-order chi connectivity index (χ1) is 9.20. The maximum Gasteiger partial charge on any atom is 0.143 e. The molecule has 0 unspecified atom stereocenters. The second-order valence-electron chi connectivity index (χ2n) is 4.40. The van der Waals surface area contributed by atoms with Crippen molar-refractivity contribution >= 4 is 28.4 Å². The standard InChI is InChI=1S/C15H18IN3/c1-3-17-15-14(16)11(2)18-13(19-15)10-9-12-7-5-4-6-8-12/h4-8H,3,9-10H2,1-2H3,(H,17,18,19). The summed E-state index contributed by atoms with van der Waals surface area (Å²) in [4.78, 5) is 9.18. The molecule has 1 aromatic heterocycles. The van der Waals surface area contributed by atoms with E-state index in [1.54, 1.807) is 0 Å². The Balaban J connectivity index is 2.12. The number of nitrogens with one attached hydrogen (secondary N) is 1. The van der Waals surface area contributed by atoms with Crippen LogP contribution in [-0.2, 0) is 12.8 Å². The molecule has 0 aliphatic rings. The van der Waals surface area contributed by atoms with E-state index in [1.807, 2.05) is 13.0 Å². The molecule has 19 heavy (non-hydrogen) atoms. The summed E-state index contributed by atoms with van der Waals surface area (Å²) in [6.45, 7) is 5.00. The van der Waals surface area contributed by atoms with Gasteiger partial charge in [-0.2, -0.15) is 0 Å². The van der Waals surface area contributed by atoms with Crippen LogP contribution in [0.3, 0.4) is 0 Å². The maximum absolute atomic E-state index is 4.61. The molecule has 0 atom stereocenters. The molecule has 0 saturated carbocycles. The summed E-state index contributed by atoms with van der Waals surface area (Å²) in [6, 6.07) is 10.5. The number of hydrogen-bond acceptors (Lipinski definition) is 3. The summed E-state index contributed by atoms with van der Waals surface area (Å²) >= 11 is 2.30. The fraction of sp³-hybridized carbons (Fsp3) is 0.333. The van der Waals surface area contributed by atoms with E-state index in [-0.39, 0.29) is 0 Å². The van der Waals surface area contributed by atoms with Crippen LogP contribution in [0.1, 0.15) is 24.0 Å². The van der Waals surface area contributed by atoms with Crippen molar-refractivity contribution in [2.24, 2.45) is 0 Å². The van der Waals surface area contributed by atoms with E-state index >= 15 is 0 Å². The van der Waals surface area contributed by atoms with Crippen molar-refractivity contribution < 1.29 is 0 Å². The minimum Gasteiger partial charge on any atom is -0.369 e. The number of aromatic nitrogens is 2. The average Bonchev–Trinajstić information content (AvgIpc) is 2.43. The van der Waals surface area contributed by atoms with Crippen molar-refractivity contribution in [3.05, 3.63) is 51.0 Å². The maximum atomic E-state index is 4.61. The summed E-state index contributed by atoms with van der Waals surface area (Å²) < 4.78 is 1.11. The number of aryl methyl sites for hydroxylation is 3. The van der Waals surface area contributed by atoms with E-state index in [2.05, 4.69) is 69.1 Å². The summed E-state index contributed by atoms with van der Waals surface area (Å²) in [5.41, 5.74) is 2.38. The lowest BCUT2D eigenvalue weighted by atomic mass is 10.1. The van der Waals surface area contributed by atoms with Crippen molar-refractivity contribution in [3.8, 4) is 0 Å². The normalized spacial score (nSPS) is 10.5. The molecular formula is C15H18IN3. The number of halogens is 1. The molecule has 0 amide bonds. The molecule has 100 valence electrons. The third-order valence-corrected chi connectivity index (χ3v) is 4.18. The van der Waals surface area contributed by atoms with Gasteiger partial charge in [0.15, 0.2) is 0 Å². The predicted octanol–water partition coefficient (Wildman–Crippen LogP) is 3.61. The highest BCUT2D eigenvalue weighted by Gasteiger charge is 2.08. The van der Waals surface area contributed by atoms with Gasteiger partial charge in [0.1, 0.15) is 11.6 Å². The number of rotatable bonds is 5. The number of nitrogens with zero attached hydrogens (tertiary/aromatic N) is 2. The first kappa shape index (κ1) is 14.2. The molecular weight excluding hydrogens is 349 g/mol. The Morgan fingerprint density at radius 2 is 1.84 bits per heavy atom. The fourth-order valence-electron chi connectivity index (χ4n) is 1.91. The highest BCUT2D eigenvalue weighted by Crippen LogP contribution is 2.19. The Labute approximate surface area is 128 Å². The molecule has 0 saturated heterocycles. The monoisotopic (exact) mass is 367 g/mol. The fourth-order valence-corrected chi connectivity index (χ4v) is 2.35. The zero-order valence-electron chi connectivity index (χ0n) is 11.3. The quantitative estimate of drug-likeness (QED) is 0.821. The summed E-state index contributed by atoms with van der Waals surface area (Å²) in [6.07, 6.45) is 1.85. The topological polar surface area (TPSA) is 37.8 Å². The van der Waals surface area contributed by atoms with Crippen molar-refractivity contribution in [1.82, 2.24) is 9.97 Å². The highest BCUT2D eigenvalue weighted by molar-refractivity contribution is 14.1. The van der Waals surface area contributed by atoms with Crippen LogP contribution < -0.4 is 5.32 Å². The van der Waals surface area contributed by atoms with E-state index < -0.39 is 0 Å². The third kappa shape index (κ3) is 3.89. The van der Waals surface area contributed by atoms with Crippen LogP contribution in [0.5, 0.6) is 0 Å². The SMILES string of the molecule is CCNc1nc(CCc2ccccc2)nc(C)c1I. The first-order valence-corrected chi connectivity index (χ1v) is 7.59. The van der Waals surface area contributed by atoms with Crippen LogP contribution in [0.15, 0.2) is 30.3 Å². The Hall–Kier alpha value is -1.17. The molecule has 0 aliphatic carbocycles. The molecule has 2 rings (SSSR count). The number of hydrogen-bond donors (Lipinski definition) is 1. The largest absolute Gasteiger partial charge is 0.369 e. The van der Waals surface area contributed by atoms with Gasteiger partial charge in [0.25, 0.3) is 0 Å². The third-order valence-electron chi connectivity index (χ3n) is 2.89. The van der Waals surface area contributed by atoms with Crippen molar-refractivity contribution in [3.63, 3.8) is 0 Å². The second kappa shape index (κ2) is 6.84.